The smallest absolute Gasteiger partial charge is 0.342 e. The Balaban J connectivity index is 1.89. The van der Waals surface area contributed by atoms with Crippen LogP contribution in [0.1, 0.15) is 59.8 Å². The maximum absolute atomic E-state index is 12.6. The van der Waals surface area contributed by atoms with E-state index < -0.39 is 12.1 Å². The SMILES string of the molecule is CC(=O)Nc1sc2c(c1C(=O)O[C@@H]1CCCC1=O)CCCC2. The molecule has 0 bridgehead atoms. The van der Waals surface area contributed by atoms with Gasteiger partial charge < -0.3 is 10.1 Å². The minimum Gasteiger partial charge on any atom is -0.451 e. The molecule has 0 aliphatic heterocycles. The second-order valence-electron chi connectivity index (χ2n) is 5.85. The van der Waals surface area contributed by atoms with Gasteiger partial charge in [0.05, 0.1) is 5.56 Å². The van der Waals surface area contributed by atoms with Crippen molar-refractivity contribution in [2.24, 2.45) is 0 Å². The van der Waals surface area contributed by atoms with Gasteiger partial charge in [0.15, 0.2) is 11.9 Å². The number of esters is 1. The number of aryl methyl sites for hydroxylation is 1. The van der Waals surface area contributed by atoms with E-state index in [1.165, 1.54) is 18.3 Å². The number of hydrogen-bond donors (Lipinski definition) is 1. The second-order valence-corrected chi connectivity index (χ2v) is 6.95. The van der Waals surface area contributed by atoms with Gasteiger partial charge in [-0.05, 0) is 44.1 Å². The second kappa shape index (κ2) is 6.20. The summed E-state index contributed by atoms with van der Waals surface area (Å²) in [6, 6.07) is 0. The Kier molecular flexibility index (Phi) is 4.29. The Bertz CT molecular complexity index is 634. The molecule has 1 N–H and O–H groups in total. The molecule has 1 aromatic heterocycles. The number of carbonyl (C=O) groups excluding carboxylic acids is 3. The highest BCUT2D eigenvalue weighted by molar-refractivity contribution is 7.17. The zero-order chi connectivity index (χ0) is 15.7. The van der Waals surface area contributed by atoms with Crippen LogP contribution in [0, 0.1) is 0 Å². The van der Waals surface area contributed by atoms with Gasteiger partial charge >= 0.3 is 5.97 Å². The van der Waals surface area contributed by atoms with Crippen molar-refractivity contribution in [3.05, 3.63) is 16.0 Å². The molecule has 22 heavy (non-hydrogen) atoms. The number of thiophene rings is 1. The molecule has 1 saturated carbocycles. The van der Waals surface area contributed by atoms with Crippen molar-refractivity contribution in [1.82, 2.24) is 0 Å². The third kappa shape index (κ3) is 2.92. The molecular weight excluding hydrogens is 302 g/mol. The number of fused-ring (bicyclic) bond motifs is 1. The monoisotopic (exact) mass is 321 g/mol. The molecule has 1 atom stereocenters. The largest absolute Gasteiger partial charge is 0.451 e. The summed E-state index contributed by atoms with van der Waals surface area (Å²) in [7, 11) is 0. The number of ether oxygens (including phenoxy) is 1. The Morgan fingerprint density at radius 2 is 1.95 bits per heavy atom. The van der Waals surface area contributed by atoms with Gasteiger partial charge in [0.25, 0.3) is 0 Å². The minimum atomic E-state index is -0.614. The normalized spacial score (nSPS) is 20.6. The Hall–Kier alpha value is -1.69. The van der Waals surface area contributed by atoms with Crippen molar-refractivity contribution in [2.75, 3.05) is 5.32 Å². The van der Waals surface area contributed by atoms with E-state index in [0.717, 1.165) is 42.5 Å². The average molecular weight is 321 g/mol. The number of ketones is 1. The van der Waals surface area contributed by atoms with E-state index in [4.69, 9.17) is 4.74 Å². The number of rotatable bonds is 3. The maximum atomic E-state index is 12.6. The number of nitrogens with one attached hydrogen (secondary N) is 1. The fraction of sp³-hybridized carbons (Fsp3) is 0.562. The molecule has 1 aromatic rings. The molecule has 5 nitrogen and oxygen atoms in total. The van der Waals surface area contributed by atoms with Gasteiger partial charge in [-0.3, -0.25) is 9.59 Å². The van der Waals surface area contributed by atoms with Crippen molar-refractivity contribution in [2.45, 2.75) is 58.0 Å². The third-order valence-electron chi connectivity index (χ3n) is 4.16. The van der Waals surface area contributed by atoms with Crippen LogP contribution in [0.25, 0.3) is 0 Å². The third-order valence-corrected chi connectivity index (χ3v) is 5.37. The summed E-state index contributed by atoms with van der Waals surface area (Å²) in [5.74, 6) is -0.675. The van der Waals surface area contributed by atoms with E-state index in [2.05, 4.69) is 5.32 Å². The topological polar surface area (TPSA) is 72.5 Å². The van der Waals surface area contributed by atoms with Crippen LogP contribution in [-0.2, 0) is 27.2 Å². The van der Waals surface area contributed by atoms with Gasteiger partial charge in [-0.15, -0.1) is 11.3 Å². The molecule has 1 amide bonds. The van der Waals surface area contributed by atoms with Gasteiger partial charge in [0, 0.05) is 18.2 Å². The lowest BCUT2D eigenvalue weighted by molar-refractivity contribution is -0.124. The molecule has 6 heteroatoms. The summed E-state index contributed by atoms with van der Waals surface area (Å²) in [6.45, 7) is 1.42. The molecule has 0 saturated heterocycles. The lowest BCUT2D eigenvalue weighted by Gasteiger charge is -2.14. The van der Waals surface area contributed by atoms with E-state index in [1.807, 2.05) is 0 Å². The van der Waals surface area contributed by atoms with Crippen LogP contribution in [0.4, 0.5) is 5.00 Å². The van der Waals surface area contributed by atoms with Crippen LogP contribution in [0.2, 0.25) is 0 Å². The predicted molar refractivity (Wildman–Crippen MR) is 83.3 cm³/mol. The molecule has 2 aliphatic rings. The molecule has 0 unspecified atom stereocenters. The minimum absolute atomic E-state index is 0.00137. The summed E-state index contributed by atoms with van der Waals surface area (Å²) in [6.07, 6.45) is 5.14. The van der Waals surface area contributed by atoms with E-state index >= 15 is 0 Å². The molecule has 1 fully saturated rings. The highest BCUT2D eigenvalue weighted by atomic mass is 32.1. The number of carbonyl (C=O) groups is 3. The molecule has 0 aromatic carbocycles. The molecular formula is C16H19NO4S. The first-order chi connectivity index (χ1) is 10.6. The molecule has 0 spiro atoms. The Labute approximate surface area is 133 Å². The number of hydrogen-bond acceptors (Lipinski definition) is 5. The van der Waals surface area contributed by atoms with Crippen molar-refractivity contribution in [3.8, 4) is 0 Å². The van der Waals surface area contributed by atoms with Gasteiger partial charge in [0.2, 0.25) is 5.91 Å². The first-order valence-electron chi connectivity index (χ1n) is 7.72. The van der Waals surface area contributed by atoms with E-state index in [9.17, 15) is 14.4 Å². The van der Waals surface area contributed by atoms with E-state index in [-0.39, 0.29) is 11.7 Å². The van der Waals surface area contributed by atoms with Gasteiger partial charge in [-0.25, -0.2) is 4.79 Å². The van der Waals surface area contributed by atoms with Crippen LogP contribution in [0.5, 0.6) is 0 Å². The molecule has 1 heterocycles. The first-order valence-corrected chi connectivity index (χ1v) is 8.53. The lowest BCUT2D eigenvalue weighted by atomic mass is 9.95. The van der Waals surface area contributed by atoms with Crippen LogP contribution in [0.3, 0.4) is 0 Å². The average Bonchev–Trinajstić information content (AvgIpc) is 3.01. The van der Waals surface area contributed by atoms with Gasteiger partial charge in [0.1, 0.15) is 5.00 Å². The van der Waals surface area contributed by atoms with Crippen LogP contribution < -0.4 is 5.32 Å². The fourth-order valence-corrected chi connectivity index (χ4v) is 4.45. The van der Waals surface area contributed by atoms with E-state index in [1.54, 1.807) is 0 Å². The lowest BCUT2D eigenvalue weighted by Crippen LogP contribution is -2.23. The summed E-state index contributed by atoms with van der Waals surface area (Å²) >= 11 is 1.46. The van der Waals surface area contributed by atoms with Crippen molar-refractivity contribution in [1.29, 1.82) is 0 Å². The highest BCUT2D eigenvalue weighted by Gasteiger charge is 2.32. The van der Waals surface area contributed by atoms with E-state index in [0.29, 0.717) is 23.4 Å². The highest BCUT2D eigenvalue weighted by Crippen LogP contribution is 2.39. The molecule has 3 rings (SSSR count). The van der Waals surface area contributed by atoms with Crippen LogP contribution in [-0.4, -0.2) is 23.8 Å². The maximum Gasteiger partial charge on any atom is 0.342 e. The van der Waals surface area contributed by atoms with Gasteiger partial charge in [-0.1, -0.05) is 0 Å². The van der Waals surface area contributed by atoms with Crippen molar-refractivity contribution < 1.29 is 19.1 Å². The summed E-state index contributed by atoms with van der Waals surface area (Å²) < 4.78 is 5.42. The number of anilines is 1. The summed E-state index contributed by atoms with van der Waals surface area (Å²) in [5.41, 5.74) is 1.46. The standard InChI is InChI=1S/C16H19NO4S/c1-9(18)17-15-14(10-5-2-3-8-13(10)22-15)16(20)21-12-7-4-6-11(12)19/h12H,2-8H2,1H3,(H,17,18)/t12-/m1/s1. The van der Waals surface area contributed by atoms with Crippen molar-refractivity contribution in [3.63, 3.8) is 0 Å². The number of Topliss-reactive ketones (excluding diaryl/α,β-unsaturated/α-hetero) is 1. The number of amides is 1. The Morgan fingerprint density at radius 3 is 2.64 bits per heavy atom. The zero-order valence-corrected chi connectivity index (χ0v) is 13.4. The first kappa shape index (κ1) is 15.2. The van der Waals surface area contributed by atoms with Gasteiger partial charge in [-0.2, -0.15) is 0 Å². The fourth-order valence-electron chi connectivity index (χ4n) is 3.13. The summed E-state index contributed by atoms with van der Waals surface area (Å²) in [4.78, 5) is 36.8. The Morgan fingerprint density at radius 1 is 1.18 bits per heavy atom. The molecule has 0 radical (unpaired) electrons. The van der Waals surface area contributed by atoms with Crippen molar-refractivity contribution >= 4 is 34.0 Å². The van der Waals surface area contributed by atoms with Crippen LogP contribution >= 0.6 is 11.3 Å². The quantitative estimate of drug-likeness (QED) is 0.869. The summed E-state index contributed by atoms with van der Waals surface area (Å²) in [5, 5.41) is 3.31. The molecule has 2 aliphatic carbocycles. The van der Waals surface area contributed by atoms with Crippen LogP contribution in [0.15, 0.2) is 0 Å². The zero-order valence-electron chi connectivity index (χ0n) is 12.6. The predicted octanol–water partition coefficient (Wildman–Crippen LogP) is 2.86. The molecule has 118 valence electrons.